The summed E-state index contributed by atoms with van der Waals surface area (Å²) in [4.78, 5) is 3.75. The van der Waals surface area contributed by atoms with E-state index in [4.69, 9.17) is 33.1 Å². The number of oxime groups is 1. The minimum absolute atomic E-state index is 0.127. The molecule has 6 heteroatoms. The van der Waals surface area contributed by atoms with Crippen molar-refractivity contribution in [3.8, 4) is 5.75 Å². The molecule has 70 valence electrons. The van der Waals surface area contributed by atoms with Gasteiger partial charge in [-0.25, -0.2) is 4.98 Å². The van der Waals surface area contributed by atoms with Gasteiger partial charge in [0.1, 0.15) is 16.1 Å². The van der Waals surface area contributed by atoms with Crippen molar-refractivity contribution in [2.75, 3.05) is 7.11 Å². The summed E-state index contributed by atoms with van der Waals surface area (Å²) in [6.07, 6.45) is 1.13. The van der Waals surface area contributed by atoms with Gasteiger partial charge in [0.15, 0.2) is 0 Å². The number of ether oxygens (including phenoxy) is 1. The normalized spacial score (nSPS) is 10.7. The molecule has 1 N–H and O–H groups in total. The van der Waals surface area contributed by atoms with Gasteiger partial charge >= 0.3 is 0 Å². The van der Waals surface area contributed by atoms with Crippen LogP contribution >= 0.6 is 23.2 Å². The van der Waals surface area contributed by atoms with Gasteiger partial charge in [-0.05, 0) is 0 Å². The second kappa shape index (κ2) is 4.30. The van der Waals surface area contributed by atoms with Gasteiger partial charge < -0.3 is 9.94 Å². The molecule has 1 aromatic rings. The van der Waals surface area contributed by atoms with Crippen LogP contribution in [-0.4, -0.2) is 23.5 Å². The highest BCUT2D eigenvalue weighted by Gasteiger charge is 2.08. The maximum absolute atomic E-state index is 8.33. The lowest BCUT2D eigenvalue weighted by molar-refractivity contribution is 0.321. The Morgan fingerprint density at radius 3 is 2.85 bits per heavy atom. The summed E-state index contributed by atoms with van der Waals surface area (Å²) in [5, 5.41) is 11.5. The fourth-order valence-electron chi connectivity index (χ4n) is 0.817. The lowest BCUT2D eigenvalue weighted by atomic mass is 10.3. The zero-order chi connectivity index (χ0) is 9.84. The summed E-state index contributed by atoms with van der Waals surface area (Å²) in [6, 6.07) is 1.48. The van der Waals surface area contributed by atoms with Crippen LogP contribution in [0.4, 0.5) is 0 Å². The van der Waals surface area contributed by atoms with E-state index in [2.05, 4.69) is 10.1 Å². The first-order valence-corrected chi connectivity index (χ1v) is 4.02. The standard InChI is InChI=1S/C7H6Cl2N2O2/c1-13-5-2-6(8)11-7(9)4(5)3-10-12/h2-3,12H,1H3/b10-3+. The molecule has 0 amide bonds. The number of rotatable bonds is 2. The van der Waals surface area contributed by atoms with Crippen LogP contribution in [0.3, 0.4) is 0 Å². The van der Waals surface area contributed by atoms with Crippen molar-refractivity contribution >= 4 is 29.4 Å². The first-order valence-electron chi connectivity index (χ1n) is 3.26. The van der Waals surface area contributed by atoms with Crippen LogP contribution in [0.2, 0.25) is 10.3 Å². The maximum atomic E-state index is 8.33. The van der Waals surface area contributed by atoms with Crippen LogP contribution in [-0.2, 0) is 0 Å². The third-order valence-electron chi connectivity index (χ3n) is 1.35. The van der Waals surface area contributed by atoms with Crippen molar-refractivity contribution in [3.63, 3.8) is 0 Å². The minimum atomic E-state index is 0.127. The van der Waals surface area contributed by atoms with Crippen LogP contribution in [0.15, 0.2) is 11.2 Å². The van der Waals surface area contributed by atoms with E-state index in [-0.39, 0.29) is 10.3 Å². The van der Waals surface area contributed by atoms with Gasteiger partial charge in [-0.2, -0.15) is 0 Å². The molecule has 1 aromatic heterocycles. The highest BCUT2D eigenvalue weighted by molar-refractivity contribution is 6.34. The smallest absolute Gasteiger partial charge is 0.143 e. The predicted molar refractivity (Wildman–Crippen MR) is 50.2 cm³/mol. The zero-order valence-corrected chi connectivity index (χ0v) is 8.17. The van der Waals surface area contributed by atoms with Gasteiger partial charge in [-0.15, -0.1) is 0 Å². The van der Waals surface area contributed by atoms with Crippen molar-refractivity contribution in [2.24, 2.45) is 5.16 Å². The Morgan fingerprint density at radius 2 is 2.31 bits per heavy atom. The molecule has 0 aliphatic carbocycles. The van der Waals surface area contributed by atoms with Gasteiger partial charge in [0.25, 0.3) is 0 Å². The number of nitrogens with zero attached hydrogens (tertiary/aromatic N) is 2. The van der Waals surface area contributed by atoms with Crippen LogP contribution in [0, 0.1) is 0 Å². The topological polar surface area (TPSA) is 54.7 Å². The lowest BCUT2D eigenvalue weighted by Crippen LogP contribution is -1.94. The number of hydrogen-bond donors (Lipinski definition) is 1. The molecule has 0 aromatic carbocycles. The Balaban J connectivity index is 3.29. The summed E-state index contributed by atoms with van der Waals surface area (Å²) in [5.74, 6) is 0.405. The van der Waals surface area contributed by atoms with Gasteiger partial charge in [0, 0.05) is 6.07 Å². The molecule has 1 heterocycles. The van der Waals surface area contributed by atoms with E-state index in [0.29, 0.717) is 11.3 Å². The third-order valence-corrected chi connectivity index (χ3v) is 1.83. The largest absolute Gasteiger partial charge is 0.496 e. The molecule has 4 nitrogen and oxygen atoms in total. The molecule has 0 radical (unpaired) electrons. The molecule has 1 rings (SSSR count). The van der Waals surface area contributed by atoms with Crippen LogP contribution in [0.25, 0.3) is 0 Å². The van der Waals surface area contributed by atoms with E-state index in [1.807, 2.05) is 0 Å². The molecule has 0 aliphatic heterocycles. The third kappa shape index (κ3) is 2.23. The van der Waals surface area contributed by atoms with Gasteiger partial charge in [-0.3, -0.25) is 0 Å². The molecule has 0 fully saturated rings. The van der Waals surface area contributed by atoms with Crippen molar-refractivity contribution < 1.29 is 9.94 Å². The SMILES string of the molecule is COc1cc(Cl)nc(Cl)c1/C=N/O. The quantitative estimate of drug-likeness (QED) is 0.360. The highest BCUT2D eigenvalue weighted by Crippen LogP contribution is 2.26. The summed E-state index contributed by atoms with van der Waals surface area (Å²) in [6.45, 7) is 0. The average Bonchev–Trinajstić information content (AvgIpc) is 2.09. The van der Waals surface area contributed by atoms with E-state index >= 15 is 0 Å². The van der Waals surface area contributed by atoms with Gasteiger partial charge in [0.2, 0.25) is 0 Å². The average molecular weight is 221 g/mol. The minimum Gasteiger partial charge on any atom is -0.496 e. The Hall–Kier alpha value is -1.00. The first kappa shape index (κ1) is 10.1. The number of pyridine rings is 1. The summed E-state index contributed by atoms with van der Waals surface area (Å²) in [5.41, 5.74) is 0.385. The number of methoxy groups -OCH3 is 1. The summed E-state index contributed by atoms with van der Waals surface area (Å²) in [7, 11) is 1.46. The Bertz CT molecular complexity index is 342. The Labute approximate surface area is 84.7 Å². The number of aromatic nitrogens is 1. The van der Waals surface area contributed by atoms with E-state index < -0.39 is 0 Å². The van der Waals surface area contributed by atoms with Gasteiger partial charge in [-0.1, -0.05) is 28.4 Å². The molecule has 0 atom stereocenters. The molecular formula is C7H6Cl2N2O2. The molecule has 0 unspecified atom stereocenters. The van der Waals surface area contributed by atoms with Crippen LogP contribution in [0.5, 0.6) is 5.75 Å². The van der Waals surface area contributed by atoms with E-state index in [0.717, 1.165) is 6.21 Å². The van der Waals surface area contributed by atoms with Crippen molar-refractivity contribution in [1.82, 2.24) is 4.98 Å². The number of halogens is 2. The molecule has 0 bridgehead atoms. The maximum Gasteiger partial charge on any atom is 0.143 e. The molecule has 0 saturated carbocycles. The van der Waals surface area contributed by atoms with E-state index in [1.165, 1.54) is 13.2 Å². The fraction of sp³-hybridized carbons (Fsp3) is 0.143. The van der Waals surface area contributed by atoms with Crippen molar-refractivity contribution in [3.05, 3.63) is 21.9 Å². The molecule has 0 saturated heterocycles. The molecule has 0 aliphatic rings. The van der Waals surface area contributed by atoms with Crippen LogP contribution in [0.1, 0.15) is 5.56 Å². The highest BCUT2D eigenvalue weighted by atomic mass is 35.5. The first-order chi connectivity index (χ1) is 6.19. The molecular weight excluding hydrogens is 215 g/mol. The second-order valence-electron chi connectivity index (χ2n) is 2.10. The second-order valence-corrected chi connectivity index (χ2v) is 2.84. The lowest BCUT2D eigenvalue weighted by Gasteiger charge is -2.05. The van der Waals surface area contributed by atoms with Gasteiger partial charge in [0.05, 0.1) is 18.9 Å². The predicted octanol–water partition coefficient (Wildman–Crippen LogP) is 2.21. The summed E-state index contributed by atoms with van der Waals surface area (Å²) < 4.78 is 4.95. The monoisotopic (exact) mass is 220 g/mol. The molecule has 0 spiro atoms. The molecule has 13 heavy (non-hydrogen) atoms. The van der Waals surface area contributed by atoms with Crippen molar-refractivity contribution in [1.29, 1.82) is 0 Å². The number of hydrogen-bond acceptors (Lipinski definition) is 4. The fourth-order valence-corrected chi connectivity index (χ4v) is 1.28. The van der Waals surface area contributed by atoms with Crippen LogP contribution < -0.4 is 4.74 Å². The Morgan fingerprint density at radius 1 is 1.62 bits per heavy atom. The van der Waals surface area contributed by atoms with E-state index in [1.54, 1.807) is 0 Å². The zero-order valence-electron chi connectivity index (χ0n) is 6.66. The van der Waals surface area contributed by atoms with Crippen molar-refractivity contribution in [2.45, 2.75) is 0 Å². The van der Waals surface area contributed by atoms with E-state index in [9.17, 15) is 0 Å². The summed E-state index contributed by atoms with van der Waals surface area (Å²) >= 11 is 11.3. The Kier molecular flexibility index (Phi) is 3.33.